The summed E-state index contributed by atoms with van der Waals surface area (Å²) in [7, 11) is 0. The zero-order valence-corrected chi connectivity index (χ0v) is 18.6. The molecule has 7 nitrogen and oxygen atoms in total. The molecule has 0 aliphatic heterocycles. The number of nitrogens with one attached hydrogen (secondary N) is 3. The summed E-state index contributed by atoms with van der Waals surface area (Å²) in [5, 5.41) is 24.9. The number of aliphatic hydroxyl groups is 1. The third-order valence-corrected chi connectivity index (χ3v) is 5.00. The number of hydrogen-bond acceptors (Lipinski definition) is 5. The predicted octanol–water partition coefficient (Wildman–Crippen LogP) is 3.66. The van der Waals surface area contributed by atoms with E-state index in [1.54, 1.807) is 6.20 Å². The van der Waals surface area contributed by atoms with Gasteiger partial charge in [-0.05, 0) is 41.5 Å². The first-order valence-electron chi connectivity index (χ1n) is 10.5. The Hall–Kier alpha value is -2.90. The number of alkyl carbamates (subject to hydrolysis) is 1. The van der Waals surface area contributed by atoms with E-state index in [2.05, 4.69) is 41.6 Å². The molecule has 2 atom stereocenters. The van der Waals surface area contributed by atoms with E-state index in [9.17, 15) is 9.90 Å². The average molecular weight is 425 g/mol. The van der Waals surface area contributed by atoms with Crippen LogP contribution in [0.1, 0.15) is 37.5 Å². The van der Waals surface area contributed by atoms with Gasteiger partial charge in [0.15, 0.2) is 0 Å². The molecular formula is C24H32N4O3. The minimum atomic E-state index is -0.927. The smallest absolute Gasteiger partial charge is 0.407 e. The van der Waals surface area contributed by atoms with Gasteiger partial charge < -0.3 is 15.2 Å². The van der Waals surface area contributed by atoms with Gasteiger partial charge in [0.2, 0.25) is 0 Å². The van der Waals surface area contributed by atoms with Crippen LogP contribution in [0.25, 0.3) is 10.9 Å². The molecule has 0 spiro atoms. The van der Waals surface area contributed by atoms with E-state index in [0.29, 0.717) is 13.0 Å². The van der Waals surface area contributed by atoms with Crippen LogP contribution in [-0.4, -0.2) is 40.2 Å². The maximum Gasteiger partial charge on any atom is 0.407 e. The van der Waals surface area contributed by atoms with E-state index in [4.69, 9.17) is 4.74 Å². The molecule has 0 aliphatic carbocycles. The number of amides is 1. The number of aliphatic hydroxyl groups excluding tert-OH is 1. The fourth-order valence-corrected chi connectivity index (χ4v) is 3.39. The molecule has 0 aliphatic rings. The van der Waals surface area contributed by atoms with Crippen molar-refractivity contribution in [1.82, 2.24) is 20.8 Å². The zero-order valence-electron chi connectivity index (χ0n) is 18.6. The molecule has 0 radical (unpaired) electrons. The third kappa shape index (κ3) is 6.80. The van der Waals surface area contributed by atoms with Crippen LogP contribution >= 0.6 is 0 Å². The van der Waals surface area contributed by atoms with Gasteiger partial charge in [-0.1, -0.05) is 57.2 Å². The van der Waals surface area contributed by atoms with Gasteiger partial charge in [-0.3, -0.25) is 10.4 Å². The Morgan fingerprint density at radius 2 is 1.94 bits per heavy atom. The van der Waals surface area contributed by atoms with Crippen molar-refractivity contribution in [2.45, 2.75) is 53.0 Å². The van der Waals surface area contributed by atoms with Crippen molar-refractivity contribution < 1.29 is 14.6 Å². The predicted molar refractivity (Wildman–Crippen MR) is 122 cm³/mol. The molecule has 31 heavy (non-hydrogen) atoms. The zero-order chi connectivity index (χ0) is 22.4. The van der Waals surface area contributed by atoms with Gasteiger partial charge in [-0.25, -0.2) is 4.79 Å². The van der Waals surface area contributed by atoms with E-state index < -0.39 is 18.4 Å². The summed E-state index contributed by atoms with van der Waals surface area (Å²) in [6.07, 6.45) is 0.729. The first-order chi connectivity index (χ1) is 14.7. The van der Waals surface area contributed by atoms with Crippen LogP contribution in [0.15, 0.2) is 48.7 Å². The molecule has 2 aromatic carbocycles. The van der Waals surface area contributed by atoms with Gasteiger partial charge in [-0.2, -0.15) is 5.10 Å². The lowest BCUT2D eigenvalue weighted by atomic mass is 9.96. The van der Waals surface area contributed by atoms with Gasteiger partial charge in [0, 0.05) is 11.9 Å². The van der Waals surface area contributed by atoms with Crippen molar-refractivity contribution in [3.63, 3.8) is 0 Å². The van der Waals surface area contributed by atoms with E-state index in [0.717, 1.165) is 27.6 Å². The van der Waals surface area contributed by atoms with E-state index in [1.807, 2.05) is 49.4 Å². The summed E-state index contributed by atoms with van der Waals surface area (Å²) >= 11 is 0. The maximum absolute atomic E-state index is 12.5. The van der Waals surface area contributed by atoms with Crippen LogP contribution < -0.4 is 10.6 Å². The molecule has 0 saturated heterocycles. The second-order valence-corrected chi connectivity index (χ2v) is 9.15. The molecule has 7 heteroatoms. The Morgan fingerprint density at radius 3 is 2.65 bits per heavy atom. The number of ether oxygens (including phenoxy) is 1. The second kappa shape index (κ2) is 9.94. The molecule has 4 N–H and O–H groups in total. The number of nitrogens with zero attached hydrogens (tertiary/aromatic N) is 1. The number of benzene rings is 2. The molecule has 0 fully saturated rings. The first kappa shape index (κ1) is 22.8. The molecule has 0 bridgehead atoms. The topological polar surface area (TPSA) is 99.3 Å². The fourth-order valence-electron chi connectivity index (χ4n) is 3.39. The summed E-state index contributed by atoms with van der Waals surface area (Å²) in [5.41, 5.74) is 3.94. The summed E-state index contributed by atoms with van der Waals surface area (Å²) in [6, 6.07) is 13.0. The highest BCUT2D eigenvalue weighted by atomic mass is 16.5. The number of carbonyl (C=O) groups excluding carboxylic acids is 1. The van der Waals surface area contributed by atoms with Crippen molar-refractivity contribution in [2.24, 2.45) is 5.41 Å². The van der Waals surface area contributed by atoms with Crippen LogP contribution in [0, 0.1) is 12.3 Å². The van der Waals surface area contributed by atoms with Crippen LogP contribution in [-0.2, 0) is 17.8 Å². The molecule has 0 saturated carbocycles. The van der Waals surface area contributed by atoms with Crippen LogP contribution in [0.5, 0.6) is 0 Å². The monoisotopic (exact) mass is 424 g/mol. The third-order valence-electron chi connectivity index (χ3n) is 5.00. The normalized spacial score (nSPS) is 13.7. The Morgan fingerprint density at radius 1 is 1.19 bits per heavy atom. The second-order valence-electron chi connectivity index (χ2n) is 9.15. The Labute approximate surface area is 183 Å². The molecule has 3 aromatic rings. The number of aromatic nitrogens is 2. The van der Waals surface area contributed by atoms with Gasteiger partial charge in [0.1, 0.15) is 12.8 Å². The molecule has 166 valence electrons. The molecule has 1 aromatic heterocycles. The van der Waals surface area contributed by atoms with Crippen LogP contribution in [0.3, 0.4) is 0 Å². The number of rotatable bonds is 8. The van der Waals surface area contributed by atoms with Crippen molar-refractivity contribution in [2.75, 3.05) is 6.54 Å². The minimum absolute atomic E-state index is 0.00829. The van der Waals surface area contributed by atoms with Crippen LogP contribution in [0.2, 0.25) is 0 Å². The molecular weight excluding hydrogens is 392 g/mol. The SMILES string of the molecule is Cc1cc(CC(NC(=O)OCc2ccccc2)C(O)NCC(C)(C)C)cc2cn[nH]c12. The molecule has 1 amide bonds. The Kier molecular flexibility index (Phi) is 7.30. The Balaban J connectivity index is 1.70. The molecule has 2 unspecified atom stereocenters. The highest BCUT2D eigenvalue weighted by molar-refractivity contribution is 5.81. The number of carbonyl (C=O) groups is 1. The summed E-state index contributed by atoms with van der Waals surface area (Å²) in [5.74, 6) is 0. The lowest BCUT2D eigenvalue weighted by Crippen LogP contribution is -2.52. The maximum atomic E-state index is 12.5. The average Bonchev–Trinajstić information content (AvgIpc) is 3.19. The summed E-state index contributed by atoms with van der Waals surface area (Å²) in [4.78, 5) is 12.5. The van der Waals surface area contributed by atoms with Crippen molar-refractivity contribution in [3.05, 3.63) is 65.4 Å². The quantitative estimate of drug-likeness (QED) is 0.414. The lowest BCUT2D eigenvalue weighted by molar-refractivity contribution is 0.0735. The van der Waals surface area contributed by atoms with Crippen LogP contribution in [0.4, 0.5) is 4.79 Å². The largest absolute Gasteiger partial charge is 0.445 e. The number of aromatic amines is 1. The van der Waals surface area contributed by atoms with E-state index in [1.165, 1.54) is 0 Å². The minimum Gasteiger partial charge on any atom is -0.445 e. The Bertz CT molecular complexity index is 995. The van der Waals surface area contributed by atoms with Crippen molar-refractivity contribution in [3.8, 4) is 0 Å². The summed E-state index contributed by atoms with van der Waals surface area (Å²) in [6.45, 7) is 9.03. The highest BCUT2D eigenvalue weighted by Gasteiger charge is 2.24. The molecule has 1 heterocycles. The molecule has 3 rings (SSSR count). The fraction of sp³-hybridized carbons (Fsp3) is 0.417. The number of fused-ring (bicyclic) bond motifs is 1. The number of H-pyrrole nitrogens is 1. The summed E-state index contributed by atoms with van der Waals surface area (Å²) < 4.78 is 5.37. The van der Waals surface area contributed by atoms with Crippen molar-refractivity contribution >= 4 is 17.0 Å². The standard InChI is InChI=1S/C24H32N4O3/c1-16-10-18(11-19-13-26-28-21(16)19)12-20(22(29)25-15-24(2,3)4)27-23(30)31-14-17-8-6-5-7-9-17/h5-11,13,20,22,25,29H,12,14-15H2,1-4H3,(H,26,28)(H,27,30). The first-order valence-corrected chi connectivity index (χ1v) is 10.5. The number of hydrogen-bond donors (Lipinski definition) is 4. The number of aryl methyl sites for hydroxylation is 1. The van der Waals surface area contributed by atoms with Gasteiger partial charge >= 0.3 is 6.09 Å². The van der Waals surface area contributed by atoms with Gasteiger partial charge in [0.25, 0.3) is 0 Å². The van der Waals surface area contributed by atoms with Gasteiger partial charge in [0.05, 0.1) is 17.8 Å². The van der Waals surface area contributed by atoms with E-state index in [-0.39, 0.29) is 12.0 Å². The van der Waals surface area contributed by atoms with Gasteiger partial charge in [-0.15, -0.1) is 0 Å². The van der Waals surface area contributed by atoms with Crippen molar-refractivity contribution in [1.29, 1.82) is 0 Å². The highest BCUT2D eigenvalue weighted by Crippen LogP contribution is 2.20. The van der Waals surface area contributed by atoms with E-state index >= 15 is 0 Å². The lowest BCUT2D eigenvalue weighted by Gasteiger charge is -2.28.